The standard InChI is InChI=1S/C21H28N3O4/c1-4-23(5-2)14-13-22-21(25)18-12-11-16(3)20(19(18)24(26)27)28-15-17-9-7-6-8-10-17/h6-12,26H,4-5,13-15H2,1-3H3,(H,22,25)/q-1. The van der Waals surface area contributed by atoms with Crippen molar-refractivity contribution < 1.29 is 14.7 Å². The maximum Gasteiger partial charge on any atom is 0.253 e. The number of hydrogen-bond donors (Lipinski definition) is 2. The highest BCUT2D eigenvalue weighted by Crippen LogP contribution is 2.35. The monoisotopic (exact) mass is 386 g/mol. The molecule has 7 nitrogen and oxygen atoms in total. The van der Waals surface area contributed by atoms with Crippen molar-refractivity contribution in [2.45, 2.75) is 27.4 Å². The lowest BCUT2D eigenvalue weighted by molar-refractivity contribution is 0.0947. The molecule has 7 heteroatoms. The maximum absolute atomic E-state index is 12.6. The molecule has 0 aliphatic heterocycles. The number of ether oxygens (including phenoxy) is 1. The van der Waals surface area contributed by atoms with Crippen molar-refractivity contribution in [1.29, 1.82) is 0 Å². The number of likely N-dealkylation sites (N-methyl/N-ethyl adjacent to an activating group) is 1. The minimum Gasteiger partial charge on any atom is -0.733 e. The van der Waals surface area contributed by atoms with Gasteiger partial charge < -0.3 is 25.4 Å². The van der Waals surface area contributed by atoms with E-state index < -0.39 is 5.91 Å². The van der Waals surface area contributed by atoms with Crippen LogP contribution in [0, 0.1) is 12.1 Å². The molecular weight excluding hydrogens is 358 g/mol. The van der Waals surface area contributed by atoms with Crippen LogP contribution in [0.15, 0.2) is 42.5 Å². The summed E-state index contributed by atoms with van der Waals surface area (Å²) in [5.74, 6) is -0.237. The Balaban J connectivity index is 2.18. The Labute approximate surface area is 166 Å². The first-order valence-electron chi connectivity index (χ1n) is 9.44. The summed E-state index contributed by atoms with van der Waals surface area (Å²) in [4.78, 5) is 14.8. The van der Waals surface area contributed by atoms with Gasteiger partial charge in [0.2, 0.25) is 0 Å². The third-order valence-corrected chi connectivity index (χ3v) is 4.60. The first kappa shape index (κ1) is 21.7. The maximum atomic E-state index is 12.6. The summed E-state index contributed by atoms with van der Waals surface area (Å²) in [6, 6.07) is 12.7. The summed E-state index contributed by atoms with van der Waals surface area (Å²) in [6.07, 6.45) is 0. The quantitative estimate of drug-likeness (QED) is 0.609. The normalized spacial score (nSPS) is 10.8. The fourth-order valence-electron chi connectivity index (χ4n) is 2.92. The van der Waals surface area contributed by atoms with Crippen LogP contribution in [-0.2, 0) is 6.61 Å². The zero-order valence-corrected chi connectivity index (χ0v) is 16.6. The van der Waals surface area contributed by atoms with Crippen molar-refractivity contribution in [3.8, 4) is 5.75 Å². The first-order chi connectivity index (χ1) is 13.5. The average Bonchev–Trinajstić information content (AvgIpc) is 2.70. The Kier molecular flexibility index (Phi) is 8.25. The van der Waals surface area contributed by atoms with Gasteiger partial charge in [0.15, 0.2) is 0 Å². The van der Waals surface area contributed by atoms with Crippen molar-refractivity contribution in [2.24, 2.45) is 0 Å². The van der Waals surface area contributed by atoms with Gasteiger partial charge in [-0.1, -0.05) is 50.2 Å². The van der Waals surface area contributed by atoms with Gasteiger partial charge in [-0.25, -0.2) is 0 Å². The van der Waals surface area contributed by atoms with Gasteiger partial charge in [-0.2, -0.15) is 0 Å². The summed E-state index contributed by atoms with van der Waals surface area (Å²) in [6.45, 7) is 9.03. The van der Waals surface area contributed by atoms with E-state index >= 15 is 0 Å². The molecule has 0 saturated heterocycles. The Morgan fingerprint density at radius 1 is 1.14 bits per heavy atom. The van der Waals surface area contributed by atoms with Crippen LogP contribution in [0.4, 0.5) is 5.69 Å². The van der Waals surface area contributed by atoms with Crippen LogP contribution < -0.4 is 15.3 Å². The lowest BCUT2D eigenvalue weighted by atomic mass is 10.1. The highest BCUT2D eigenvalue weighted by molar-refractivity contribution is 6.01. The molecule has 0 fully saturated rings. The Morgan fingerprint density at radius 2 is 1.82 bits per heavy atom. The first-order valence-corrected chi connectivity index (χ1v) is 9.44. The summed E-state index contributed by atoms with van der Waals surface area (Å²) in [7, 11) is 0. The number of nitrogens with one attached hydrogen (secondary N) is 1. The van der Waals surface area contributed by atoms with Gasteiger partial charge in [-0.05, 0) is 37.2 Å². The third kappa shape index (κ3) is 5.69. The van der Waals surface area contributed by atoms with E-state index in [0.29, 0.717) is 18.7 Å². The van der Waals surface area contributed by atoms with Crippen LogP contribution >= 0.6 is 0 Å². The zero-order chi connectivity index (χ0) is 20.5. The number of carbonyl (C=O) groups excluding carboxylic acids is 1. The highest BCUT2D eigenvalue weighted by Gasteiger charge is 2.19. The van der Waals surface area contributed by atoms with E-state index in [1.54, 1.807) is 13.0 Å². The van der Waals surface area contributed by atoms with Gasteiger partial charge in [0.25, 0.3) is 5.91 Å². The second kappa shape index (κ2) is 10.7. The van der Waals surface area contributed by atoms with Crippen LogP contribution in [0.25, 0.3) is 0 Å². The van der Waals surface area contributed by atoms with E-state index in [0.717, 1.165) is 18.7 Å². The average molecular weight is 386 g/mol. The number of anilines is 1. The molecule has 2 rings (SSSR count). The van der Waals surface area contributed by atoms with Gasteiger partial charge in [0.05, 0.1) is 5.56 Å². The largest absolute Gasteiger partial charge is 0.733 e. The molecule has 0 bridgehead atoms. The lowest BCUT2D eigenvalue weighted by Crippen LogP contribution is -2.35. The molecule has 0 aliphatic carbocycles. The second-order valence-electron chi connectivity index (χ2n) is 6.44. The molecule has 0 aliphatic rings. The van der Waals surface area contributed by atoms with Gasteiger partial charge in [-0.15, -0.1) is 0 Å². The number of carbonyl (C=O) groups is 1. The molecular formula is C21H28N3O4-. The van der Waals surface area contributed by atoms with Crippen LogP contribution in [0.2, 0.25) is 0 Å². The van der Waals surface area contributed by atoms with Crippen LogP contribution in [-0.4, -0.2) is 42.2 Å². The van der Waals surface area contributed by atoms with Crippen molar-refractivity contribution in [1.82, 2.24) is 10.2 Å². The van der Waals surface area contributed by atoms with Crippen molar-refractivity contribution in [2.75, 3.05) is 31.4 Å². The van der Waals surface area contributed by atoms with Crippen molar-refractivity contribution in [3.05, 3.63) is 64.4 Å². The number of aryl methyl sites for hydroxylation is 1. The Hall–Kier alpha value is -2.61. The van der Waals surface area contributed by atoms with Crippen molar-refractivity contribution in [3.63, 3.8) is 0 Å². The molecule has 0 heterocycles. The van der Waals surface area contributed by atoms with E-state index in [1.165, 1.54) is 6.07 Å². The zero-order valence-electron chi connectivity index (χ0n) is 16.6. The molecule has 0 atom stereocenters. The number of rotatable bonds is 10. The molecule has 2 aromatic rings. The second-order valence-corrected chi connectivity index (χ2v) is 6.44. The highest BCUT2D eigenvalue weighted by atomic mass is 16.8. The van der Waals surface area contributed by atoms with Crippen LogP contribution in [0.3, 0.4) is 0 Å². The molecule has 0 radical (unpaired) electrons. The molecule has 1 amide bonds. The van der Waals surface area contributed by atoms with E-state index in [1.807, 2.05) is 30.3 Å². The molecule has 2 aromatic carbocycles. The third-order valence-electron chi connectivity index (χ3n) is 4.60. The molecule has 28 heavy (non-hydrogen) atoms. The number of benzene rings is 2. The van der Waals surface area contributed by atoms with E-state index in [9.17, 15) is 15.2 Å². The smallest absolute Gasteiger partial charge is 0.253 e. The van der Waals surface area contributed by atoms with E-state index in [4.69, 9.17) is 4.74 Å². The predicted molar refractivity (Wildman–Crippen MR) is 110 cm³/mol. The summed E-state index contributed by atoms with van der Waals surface area (Å²) >= 11 is 0. The topological polar surface area (TPSA) is 88.1 Å². The van der Waals surface area contributed by atoms with E-state index in [2.05, 4.69) is 24.1 Å². The summed E-state index contributed by atoms with van der Waals surface area (Å²) in [5.41, 5.74) is 1.46. The molecule has 0 aromatic heterocycles. The minimum atomic E-state index is -0.429. The lowest BCUT2D eigenvalue weighted by Gasteiger charge is -2.28. The van der Waals surface area contributed by atoms with Crippen LogP contribution in [0.5, 0.6) is 5.75 Å². The predicted octanol–water partition coefficient (Wildman–Crippen LogP) is 3.34. The Morgan fingerprint density at radius 3 is 2.43 bits per heavy atom. The molecule has 2 N–H and O–H groups in total. The van der Waals surface area contributed by atoms with Gasteiger partial charge >= 0.3 is 0 Å². The van der Waals surface area contributed by atoms with Gasteiger partial charge in [-0.3, -0.25) is 10.0 Å². The summed E-state index contributed by atoms with van der Waals surface area (Å²) in [5, 5.41) is 24.0. The van der Waals surface area contributed by atoms with Gasteiger partial charge in [0, 0.05) is 13.1 Å². The summed E-state index contributed by atoms with van der Waals surface area (Å²) < 4.78 is 5.79. The van der Waals surface area contributed by atoms with Crippen molar-refractivity contribution >= 4 is 11.6 Å². The Bertz CT molecular complexity index is 762. The SMILES string of the molecule is CCN(CC)CCNC(=O)c1ccc(C)c(OCc2ccccc2)c1N([O-])O. The molecule has 0 spiro atoms. The fourth-order valence-corrected chi connectivity index (χ4v) is 2.92. The molecule has 0 saturated carbocycles. The molecule has 152 valence electrons. The minimum absolute atomic E-state index is 0.0747. The van der Waals surface area contributed by atoms with Crippen LogP contribution in [0.1, 0.15) is 35.3 Å². The van der Waals surface area contributed by atoms with Gasteiger partial charge in [0.1, 0.15) is 18.0 Å². The number of amides is 1. The number of hydrogen-bond acceptors (Lipinski definition) is 6. The fraction of sp³-hybridized carbons (Fsp3) is 0.381. The van der Waals surface area contributed by atoms with E-state index in [-0.39, 0.29) is 28.8 Å². The molecule has 0 unspecified atom stereocenters. The number of nitrogens with zero attached hydrogens (tertiary/aromatic N) is 2.